The van der Waals surface area contributed by atoms with E-state index in [0.717, 1.165) is 89.8 Å². The molecule has 200 valence electrons. The molecular weight excluding hydrogens is 471 g/mol. The molecule has 0 saturated heterocycles. The zero-order chi connectivity index (χ0) is 24.7. The Morgan fingerprint density at radius 3 is 2.00 bits per heavy atom. The molecule has 5 unspecified atom stereocenters. The average molecular weight is 523 g/mol. The van der Waals surface area contributed by atoms with E-state index in [9.17, 15) is 19.5 Å². The van der Waals surface area contributed by atoms with Crippen LogP contribution in [0.15, 0.2) is 0 Å². The third kappa shape index (κ3) is 11.8. The van der Waals surface area contributed by atoms with E-state index in [-0.39, 0.29) is 75.3 Å². The van der Waals surface area contributed by atoms with Gasteiger partial charge in [0.25, 0.3) is 0 Å². The minimum atomic E-state index is -0.633. The monoisotopic (exact) mass is 522 g/mol. The summed E-state index contributed by atoms with van der Waals surface area (Å²) in [6.45, 7) is 6.12. The first-order chi connectivity index (χ1) is 15.9. The van der Waals surface area contributed by atoms with E-state index in [1.807, 2.05) is 6.92 Å². The maximum Gasteiger partial charge on any atom is 1.00 e. The second-order valence-electron chi connectivity index (χ2n) is 10.2. The van der Waals surface area contributed by atoms with Crippen LogP contribution in [0.1, 0.15) is 124 Å². The fraction of sp³-hybridized carbons (Fsp3) is 0.893. The normalized spacial score (nSPS) is 30.7. The van der Waals surface area contributed by atoms with Gasteiger partial charge in [0.15, 0.2) is 0 Å². The number of ketones is 2. The van der Waals surface area contributed by atoms with E-state index in [1.54, 1.807) is 6.92 Å². The fourth-order valence-corrected chi connectivity index (χ4v) is 6.31. The number of rotatable bonds is 4. The molecule has 4 rings (SSSR count). The molecule has 2 bridgehead atoms. The number of aliphatic hydroxyl groups is 2. The number of carbonyl (C=O) groups is 3. The van der Waals surface area contributed by atoms with Crippen LogP contribution in [0.25, 0.3) is 0 Å². The van der Waals surface area contributed by atoms with Crippen molar-refractivity contribution >= 4 is 17.9 Å². The molecule has 0 spiro atoms. The molecule has 4 fully saturated rings. The van der Waals surface area contributed by atoms with Crippen molar-refractivity contribution in [3.05, 3.63) is 0 Å². The molecule has 4 aliphatic rings. The minimum absolute atomic E-state index is 0. The molecule has 5 atom stereocenters. The van der Waals surface area contributed by atoms with Crippen LogP contribution in [0.4, 0.5) is 0 Å². The maximum atomic E-state index is 12.6. The molecule has 35 heavy (non-hydrogen) atoms. The SMILES string of the molecule is CCCC1C2CCCC(C2=O)C2(O)CCCCC12.CCCC=O.CCO.O=C1CCCCC1.[K+].[OH-]. The van der Waals surface area contributed by atoms with Crippen LogP contribution < -0.4 is 51.4 Å². The first kappa shape index (κ1) is 37.7. The van der Waals surface area contributed by atoms with Gasteiger partial charge in [-0.3, -0.25) is 9.59 Å². The zero-order valence-corrected chi connectivity index (χ0v) is 26.1. The van der Waals surface area contributed by atoms with E-state index >= 15 is 0 Å². The molecule has 0 aromatic rings. The molecular formula is C28H51KO6. The third-order valence-corrected chi connectivity index (χ3v) is 7.78. The Labute approximate surface area is 256 Å². The molecule has 0 heterocycles. The summed E-state index contributed by atoms with van der Waals surface area (Å²) in [6, 6.07) is 0. The van der Waals surface area contributed by atoms with Gasteiger partial charge in [0.2, 0.25) is 0 Å². The van der Waals surface area contributed by atoms with Crippen molar-refractivity contribution in [1.29, 1.82) is 0 Å². The number of aldehydes is 1. The van der Waals surface area contributed by atoms with E-state index in [2.05, 4.69) is 6.92 Å². The summed E-state index contributed by atoms with van der Waals surface area (Å²) in [7, 11) is 0. The van der Waals surface area contributed by atoms with Gasteiger partial charge in [-0.2, -0.15) is 0 Å². The van der Waals surface area contributed by atoms with Gasteiger partial charge < -0.3 is 20.5 Å². The fourth-order valence-electron chi connectivity index (χ4n) is 6.31. The summed E-state index contributed by atoms with van der Waals surface area (Å²) in [5.74, 6) is 2.04. The standard InChI is InChI=1S/C16H26O2.C6H10O.C4H8O.C2H6O.K.H2O/c1-2-6-11-12-7-5-9-14(15(12)17)16(18)10-4-3-8-13(11)16;7-6-4-2-1-3-5-6;1-2-3-4-5;1-2-3;;/h11-14,18H,2-10H2,1H3;1-5H2;4H,2-3H2,1H3;3H,2H2,1H3;;1H2/q;;;;+1;/p-1. The third-order valence-electron chi connectivity index (χ3n) is 7.78. The molecule has 0 aromatic heterocycles. The molecule has 0 aliphatic heterocycles. The number of fused-ring (bicyclic) bond motifs is 4. The van der Waals surface area contributed by atoms with Crippen molar-refractivity contribution in [2.24, 2.45) is 23.7 Å². The van der Waals surface area contributed by atoms with Crippen LogP contribution in [-0.4, -0.2) is 45.7 Å². The van der Waals surface area contributed by atoms with Crippen molar-refractivity contribution in [2.45, 2.75) is 129 Å². The Bertz CT molecular complexity index is 576. The molecule has 0 aromatic carbocycles. The quantitative estimate of drug-likeness (QED) is 0.432. The number of Topliss-reactive ketones (excluding diaryl/α,β-unsaturated/α-hetero) is 2. The van der Waals surface area contributed by atoms with Gasteiger partial charge in [0.05, 0.1) is 5.60 Å². The molecule has 6 nitrogen and oxygen atoms in total. The van der Waals surface area contributed by atoms with Crippen LogP contribution >= 0.6 is 0 Å². The van der Waals surface area contributed by atoms with Gasteiger partial charge in [0.1, 0.15) is 17.9 Å². The molecule has 7 heteroatoms. The van der Waals surface area contributed by atoms with Crippen molar-refractivity contribution < 1.29 is 81.5 Å². The molecule has 3 N–H and O–H groups in total. The minimum Gasteiger partial charge on any atom is -0.870 e. The van der Waals surface area contributed by atoms with E-state index in [4.69, 9.17) is 5.11 Å². The van der Waals surface area contributed by atoms with Gasteiger partial charge >= 0.3 is 51.4 Å². The van der Waals surface area contributed by atoms with Crippen LogP contribution in [-0.2, 0) is 14.4 Å². The van der Waals surface area contributed by atoms with Crippen molar-refractivity contribution in [3.63, 3.8) is 0 Å². The maximum absolute atomic E-state index is 12.6. The summed E-state index contributed by atoms with van der Waals surface area (Å²) in [4.78, 5) is 32.5. The number of carbonyl (C=O) groups excluding carboxylic acids is 3. The zero-order valence-electron chi connectivity index (χ0n) is 23.0. The van der Waals surface area contributed by atoms with Crippen LogP contribution in [0, 0.1) is 23.7 Å². The molecule has 4 saturated carbocycles. The number of aliphatic hydroxyl groups excluding tert-OH is 1. The predicted molar refractivity (Wildman–Crippen MR) is 135 cm³/mol. The molecule has 0 amide bonds. The first-order valence-corrected chi connectivity index (χ1v) is 13.7. The van der Waals surface area contributed by atoms with Crippen LogP contribution in [0.3, 0.4) is 0 Å². The summed E-state index contributed by atoms with van der Waals surface area (Å²) >= 11 is 0. The van der Waals surface area contributed by atoms with Crippen LogP contribution in [0.2, 0.25) is 0 Å². The van der Waals surface area contributed by atoms with Gasteiger partial charge in [-0.05, 0) is 70.1 Å². The topological polar surface area (TPSA) is 122 Å². The summed E-state index contributed by atoms with van der Waals surface area (Å²) in [5, 5.41) is 18.7. The summed E-state index contributed by atoms with van der Waals surface area (Å²) < 4.78 is 0. The molecule has 4 aliphatic carbocycles. The van der Waals surface area contributed by atoms with Crippen LogP contribution in [0.5, 0.6) is 0 Å². The second-order valence-corrected chi connectivity index (χ2v) is 10.2. The number of hydrogen-bond donors (Lipinski definition) is 2. The molecule has 0 radical (unpaired) electrons. The van der Waals surface area contributed by atoms with Gasteiger partial charge in [0, 0.05) is 37.7 Å². The Kier molecular flexibility index (Phi) is 23.1. The second kappa shape index (κ2) is 21.5. The summed E-state index contributed by atoms with van der Waals surface area (Å²) in [5.41, 5.74) is -0.633. The Balaban J connectivity index is 0. The number of unbranched alkanes of at least 4 members (excludes halogenated alkanes) is 1. The summed E-state index contributed by atoms with van der Waals surface area (Å²) in [6.07, 6.45) is 17.7. The van der Waals surface area contributed by atoms with Crippen molar-refractivity contribution in [3.8, 4) is 0 Å². The first-order valence-electron chi connectivity index (χ1n) is 13.7. The van der Waals surface area contributed by atoms with Gasteiger partial charge in [-0.25, -0.2) is 0 Å². The van der Waals surface area contributed by atoms with E-state index in [0.29, 0.717) is 29.8 Å². The Morgan fingerprint density at radius 2 is 1.54 bits per heavy atom. The van der Waals surface area contributed by atoms with Gasteiger partial charge in [-0.1, -0.05) is 46.0 Å². The largest absolute Gasteiger partial charge is 1.00 e. The Morgan fingerprint density at radius 1 is 0.914 bits per heavy atom. The van der Waals surface area contributed by atoms with E-state index < -0.39 is 5.60 Å². The van der Waals surface area contributed by atoms with Crippen molar-refractivity contribution in [1.82, 2.24) is 0 Å². The predicted octanol–water partition coefficient (Wildman–Crippen LogP) is 2.65. The van der Waals surface area contributed by atoms with Crippen molar-refractivity contribution in [2.75, 3.05) is 6.61 Å². The number of hydrogen-bond acceptors (Lipinski definition) is 6. The average Bonchev–Trinajstić information content (AvgIpc) is 2.80. The Hall–Kier alpha value is 0.526. The van der Waals surface area contributed by atoms with Gasteiger partial charge in [-0.15, -0.1) is 0 Å². The smallest absolute Gasteiger partial charge is 0.870 e. The van der Waals surface area contributed by atoms with E-state index in [1.165, 1.54) is 12.8 Å².